The number of hydrogen-bond donors (Lipinski definition) is 2. The van der Waals surface area contributed by atoms with E-state index in [0.717, 1.165) is 23.5 Å². The second kappa shape index (κ2) is 10.5. The number of nitrogens with zero attached hydrogens (tertiary/aromatic N) is 1. The lowest BCUT2D eigenvalue weighted by Crippen LogP contribution is -2.36. The fraction of sp³-hybridized carbons (Fsp3) is 0.533. The van der Waals surface area contributed by atoms with Crippen molar-refractivity contribution in [2.24, 2.45) is 10.7 Å². The molecule has 3 N–H and O–H groups in total. The first-order valence-electron chi connectivity index (χ1n) is 6.93. The normalized spacial score (nSPS) is 11.0. The van der Waals surface area contributed by atoms with Crippen LogP contribution in [0.5, 0.6) is 11.5 Å². The molecule has 0 saturated heterocycles. The van der Waals surface area contributed by atoms with Crippen molar-refractivity contribution in [3.63, 3.8) is 0 Å². The van der Waals surface area contributed by atoms with E-state index in [-0.39, 0.29) is 30.0 Å². The Labute approximate surface area is 144 Å². The van der Waals surface area contributed by atoms with E-state index in [4.69, 9.17) is 15.2 Å². The van der Waals surface area contributed by atoms with Gasteiger partial charge in [0, 0.05) is 6.04 Å². The molecule has 21 heavy (non-hydrogen) atoms. The number of nitrogens with one attached hydrogen (secondary N) is 1. The third-order valence-electron chi connectivity index (χ3n) is 2.56. The Bertz CT molecular complexity index is 451. The van der Waals surface area contributed by atoms with E-state index in [1.165, 1.54) is 0 Å². The average molecular weight is 407 g/mol. The van der Waals surface area contributed by atoms with Gasteiger partial charge in [-0.05, 0) is 38.0 Å². The molecule has 0 unspecified atom stereocenters. The first kappa shape index (κ1) is 19.8. The number of nitrogens with two attached hydrogens (primary N) is 1. The molecule has 0 amide bonds. The molecule has 1 aromatic carbocycles. The molecule has 6 heteroatoms. The molecule has 0 aliphatic rings. The topological polar surface area (TPSA) is 68.9 Å². The fourth-order valence-corrected chi connectivity index (χ4v) is 1.66. The van der Waals surface area contributed by atoms with Crippen molar-refractivity contribution in [2.75, 3.05) is 13.7 Å². The summed E-state index contributed by atoms with van der Waals surface area (Å²) < 4.78 is 10.9. The molecule has 0 atom stereocenters. The zero-order valence-electron chi connectivity index (χ0n) is 13.2. The SMILES string of the molecule is CCCOc1ccc(CN=C(N)NC(C)C)cc1OC.I. The minimum Gasteiger partial charge on any atom is -0.493 e. The highest BCUT2D eigenvalue weighted by Gasteiger charge is 2.05. The van der Waals surface area contributed by atoms with E-state index in [9.17, 15) is 0 Å². The molecule has 0 bridgehead atoms. The molecule has 5 nitrogen and oxygen atoms in total. The number of aliphatic imine (C=N–C) groups is 1. The summed E-state index contributed by atoms with van der Waals surface area (Å²) in [6, 6.07) is 6.08. The Morgan fingerprint density at radius 1 is 1.33 bits per heavy atom. The van der Waals surface area contributed by atoms with Crippen LogP contribution in [0.4, 0.5) is 0 Å². The molecule has 0 saturated carbocycles. The molecule has 0 radical (unpaired) electrons. The van der Waals surface area contributed by atoms with Crippen molar-refractivity contribution in [1.82, 2.24) is 5.32 Å². The second-order valence-electron chi connectivity index (χ2n) is 4.83. The maximum absolute atomic E-state index is 5.77. The van der Waals surface area contributed by atoms with Gasteiger partial charge in [-0.1, -0.05) is 13.0 Å². The molecule has 0 aliphatic carbocycles. The van der Waals surface area contributed by atoms with Gasteiger partial charge < -0.3 is 20.5 Å². The van der Waals surface area contributed by atoms with Gasteiger partial charge in [0.15, 0.2) is 17.5 Å². The summed E-state index contributed by atoms with van der Waals surface area (Å²) in [6.45, 7) is 7.30. The highest BCUT2D eigenvalue weighted by atomic mass is 127. The van der Waals surface area contributed by atoms with Crippen LogP contribution in [0.15, 0.2) is 23.2 Å². The van der Waals surface area contributed by atoms with Crippen molar-refractivity contribution in [3.8, 4) is 11.5 Å². The summed E-state index contributed by atoms with van der Waals surface area (Å²) in [7, 11) is 1.63. The number of benzene rings is 1. The monoisotopic (exact) mass is 407 g/mol. The van der Waals surface area contributed by atoms with Crippen LogP contribution >= 0.6 is 24.0 Å². The highest BCUT2D eigenvalue weighted by Crippen LogP contribution is 2.28. The van der Waals surface area contributed by atoms with Crippen LogP contribution in [0.25, 0.3) is 0 Å². The summed E-state index contributed by atoms with van der Waals surface area (Å²) in [5, 5.41) is 3.05. The summed E-state index contributed by atoms with van der Waals surface area (Å²) >= 11 is 0. The summed E-state index contributed by atoms with van der Waals surface area (Å²) in [6.07, 6.45) is 0.965. The molecule has 1 rings (SSSR count). The van der Waals surface area contributed by atoms with Crippen LogP contribution in [0, 0.1) is 0 Å². The lowest BCUT2D eigenvalue weighted by atomic mass is 10.2. The van der Waals surface area contributed by atoms with Crippen LogP contribution in [0.1, 0.15) is 32.8 Å². The van der Waals surface area contributed by atoms with E-state index < -0.39 is 0 Å². The van der Waals surface area contributed by atoms with Gasteiger partial charge in [-0.15, -0.1) is 24.0 Å². The number of guanidine groups is 1. The largest absolute Gasteiger partial charge is 0.493 e. The fourth-order valence-electron chi connectivity index (χ4n) is 1.66. The van der Waals surface area contributed by atoms with Gasteiger partial charge >= 0.3 is 0 Å². The van der Waals surface area contributed by atoms with Crippen molar-refractivity contribution < 1.29 is 9.47 Å². The van der Waals surface area contributed by atoms with E-state index in [0.29, 0.717) is 19.1 Å². The quantitative estimate of drug-likeness (QED) is 0.414. The number of ether oxygens (including phenoxy) is 2. The predicted molar refractivity (Wildman–Crippen MR) is 97.8 cm³/mol. The number of halogens is 1. The van der Waals surface area contributed by atoms with Crippen LogP contribution in [-0.2, 0) is 6.54 Å². The zero-order chi connectivity index (χ0) is 15.0. The van der Waals surface area contributed by atoms with Gasteiger partial charge in [0.05, 0.1) is 20.3 Å². The average Bonchev–Trinajstić information content (AvgIpc) is 2.42. The van der Waals surface area contributed by atoms with Gasteiger partial charge in [0.25, 0.3) is 0 Å². The summed E-state index contributed by atoms with van der Waals surface area (Å²) in [4.78, 5) is 4.29. The standard InChI is InChI=1S/C15H25N3O2.HI/c1-5-8-20-13-7-6-12(9-14(13)19-4)10-17-15(16)18-11(2)3;/h6-7,9,11H,5,8,10H2,1-4H3,(H3,16,17,18);1H. The Hall–Kier alpha value is -1.18. The maximum atomic E-state index is 5.77. The molecular weight excluding hydrogens is 381 g/mol. The minimum atomic E-state index is 0. The Balaban J connectivity index is 0.00000400. The lowest BCUT2D eigenvalue weighted by molar-refractivity contribution is 0.294. The van der Waals surface area contributed by atoms with E-state index in [1.807, 2.05) is 32.0 Å². The van der Waals surface area contributed by atoms with Crippen molar-refractivity contribution in [2.45, 2.75) is 39.8 Å². The Kier molecular flexibility index (Phi) is 9.94. The number of hydrogen-bond acceptors (Lipinski definition) is 3. The Morgan fingerprint density at radius 3 is 2.62 bits per heavy atom. The van der Waals surface area contributed by atoms with Crippen LogP contribution < -0.4 is 20.5 Å². The first-order chi connectivity index (χ1) is 9.56. The lowest BCUT2D eigenvalue weighted by Gasteiger charge is -2.11. The maximum Gasteiger partial charge on any atom is 0.189 e. The van der Waals surface area contributed by atoms with Crippen molar-refractivity contribution >= 4 is 29.9 Å². The smallest absolute Gasteiger partial charge is 0.189 e. The molecular formula is C15H26IN3O2. The number of rotatable bonds is 7. The van der Waals surface area contributed by atoms with Crippen LogP contribution in [-0.4, -0.2) is 25.7 Å². The number of methoxy groups -OCH3 is 1. The molecule has 0 spiro atoms. The third-order valence-corrected chi connectivity index (χ3v) is 2.56. The second-order valence-corrected chi connectivity index (χ2v) is 4.83. The van der Waals surface area contributed by atoms with Gasteiger partial charge in [-0.3, -0.25) is 0 Å². The predicted octanol–water partition coefficient (Wildman–Crippen LogP) is 2.91. The highest BCUT2D eigenvalue weighted by molar-refractivity contribution is 14.0. The van der Waals surface area contributed by atoms with E-state index in [1.54, 1.807) is 7.11 Å². The zero-order valence-corrected chi connectivity index (χ0v) is 15.5. The Morgan fingerprint density at radius 2 is 2.05 bits per heavy atom. The third kappa shape index (κ3) is 7.40. The molecule has 0 aliphatic heterocycles. The molecule has 0 aromatic heterocycles. The minimum absolute atomic E-state index is 0. The molecule has 120 valence electrons. The summed E-state index contributed by atoms with van der Waals surface area (Å²) in [5.74, 6) is 1.93. The van der Waals surface area contributed by atoms with Gasteiger partial charge in [0.2, 0.25) is 0 Å². The van der Waals surface area contributed by atoms with Gasteiger partial charge in [0.1, 0.15) is 0 Å². The van der Waals surface area contributed by atoms with Crippen molar-refractivity contribution in [1.29, 1.82) is 0 Å². The van der Waals surface area contributed by atoms with Crippen molar-refractivity contribution in [3.05, 3.63) is 23.8 Å². The molecule has 0 heterocycles. The summed E-state index contributed by atoms with van der Waals surface area (Å²) in [5.41, 5.74) is 6.80. The molecule has 0 fully saturated rings. The molecule has 1 aromatic rings. The van der Waals surface area contributed by atoms with E-state index >= 15 is 0 Å². The van der Waals surface area contributed by atoms with Crippen LogP contribution in [0.3, 0.4) is 0 Å². The van der Waals surface area contributed by atoms with Crippen LogP contribution in [0.2, 0.25) is 0 Å². The van der Waals surface area contributed by atoms with Gasteiger partial charge in [-0.25, -0.2) is 4.99 Å². The van der Waals surface area contributed by atoms with E-state index in [2.05, 4.69) is 17.2 Å². The first-order valence-corrected chi connectivity index (χ1v) is 6.93. The van der Waals surface area contributed by atoms with Gasteiger partial charge in [-0.2, -0.15) is 0 Å².